The van der Waals surface area contributed by atoms with E-state index in [-0.39, 0.29) is 25.0 Å². The molecule has 0 saturated carbocycles. The minimum atomic E-state index is -0.307. The Kier molecular flexibility index (Phi) is 4.19. The fourth-order valence-corrected chi connectivity index (χ4v) is 1.53. The summed E-state index contributed by atoms with van der Waals surface area (Å²) in [6.45, 7) is 0.720. The van der Waals surface area contributed by atoms with E-state index in [1.54, 1.807) is 4.90 Å². The number of hydrogen-bond donors (Lipinski definition) is 0. The van der Waals surface area contributed by atoms with Crippen LogP contribution in [0.1, 0.15) is 12.8 Å². The predicted octanol–water partition coefficient (Wildman–Crippen LogP) is 1.50. The van der Waals surface area contributed by atoms with Gasteiger partial charge in [0.1, 0.15) is 6.54 Å². The van der Waals surface area contributed by atoms with Crippen LogP contribution in [0.5, 0.6) is 0 Å². The van der Waals surface area contributed by atoms with Crippen molar-refractivity contribution in [1.29, 1.82) is 0 Å². The number of carbonyl (C=O) groups excluding carboxylic acids is 1. The number of likely N-dealkylation sites (tertiary alicyclic amines) is 1. The fraction of sp³-hybridized carbons (Fsp3) is 0.875. The van der Waals surface area contributed by atoms with Crippen LogP contribution in [0.2, 0.25) is 0 Å². The van der Waals surface area contributed by atoms with Crippen molar-refractivity contribution >= 4 is 5.91 Å². The lowest BCUT2D eigenvalue weighted by Crippen LogP contribution is -2.40. The third-order valence-electron chi connectivity index (χ3n) is 2.45. The highest BCUT2D eigenvalue weighted by Gasteiger charge is 2.21. The monoisotopic (exact) mass is 200 g/mol. The van der Waals surface area contributed by atoms with Crippen LogP contribution in [0.15, 0.2) is 5.11 Å². The number of rotatable bonds is 3. The van der Waals surface area contributed by atoms with Crippen LogP contribution in [-0.4, -0.2) is 37.1 Å². The van der Waals surface area contributed by atoms with Gasteiger partial charge in [0.2, 0.25) is 5.91 Å². The van der Waals surface area contributed by atoms with Crippen molar-refractivity contribution in [2.24, 2.45) is 11.0 Å². The topological polar surface area (TPSA) is 69.1 Å². The van der Waals surface area contributed by atoms with E-state index in [9.17, 15) is 9.18 Å². The maximum atomic E-state index is 12.2. The second kappa shape index (κ2) is 5.44. The Morgan fingerprint density at radius 2 is 2.21 bits per heavy atom. The summed E-state index contributed by atoms with van der Waals surface area (Å²) in [6.07, 6.45) is 1.41. The van der Waals surface area contributed by atoms with Crippen molar-refractivity contribution in [2.45, 2.75) is 12.8 Å². The molecule has 14 heavy (non-hydrogen) atoms. The molecule has 0 aromatic carbocycles. The molecule has 78 valence electrons. The average molecular weight is 200 g/mol. The van der Waals surface area contributed by atoms with Crippen molar-refractivity contribution in [1.82, 2.24) is 4.90 Å². The lowest BCUT2D eigenvalue weighted by atomic mass is 9.98. The van der Waals surface area contributed by atoms with Gasteiger partial charge in [-0.25, -0.2) is 0 Å². The molecule has 0 aromatic rings. The number of carbonyl (C=O) groups is 1. The van der Waals surface area contributed by atoms with E-state index in [1.807, 2.05) is 0 Å². The van der Waals surface area contributed by atoms with Gasteiger partial charge in [0.05, 0.1) is 6.67 Å². The molecule has 6 heteroatoms. The van der Waals surface area contributed by atoms with E-state index < -0.39 is 0 Å². The summed E-state index contributed by atoms with van der Waals surface area (Å²) >= 11 is 0. The Morgan fingerprint density at radius 3 is 2.71 bits per heavy atom. The molecule has 0 aromatic heterocycles. The van der Waals surface area contributed by atoms with Crippen molar-refractivity contribution < 1.29 is 9.18 Å². The number of hydrogen-bond acceptors (Lipinski definition) is 2. The molecule has 0 N–H and O–H groups in total. The molecule has 1 aliphatic heterocycles. The molecule has 1 amide bonds. The summed E-state index contributed by atoms with van der Waals surface area (Å²) in [5.74, 6) is -0.0707. The van der Waals surface area contributed by atoms with Gasteiger partial charge in [0.25, 0.3) is 0 Å². The van der Waals surface area contributed by atoms with Crippen LogP contribution in [0.25, 0.3) is 10.4 Å². The Balaban J connectivity index is 2.33. The zero-order valence-corrected chi connectivity index (χ0v) is 7.90. The molecule has 0 spiro atoms. The molecule has 0 atom stereocenters. The fourth-order valence-electron chi connectivity index (χ4n) is 1.53. The van der Waals surface area contributed by atoms with E-state index in [0.29, 0.717) is 25.9 Å². The number of halogens is 1. The minimum Gasteiger partial charge on any atom is -0.343 e. The van der Waals surface area contributed by atoms with E-state index in [2.05, 4.69) is 10.0 Å². The standard InChI is InChI=1S/C8H13FN4O/c9-5-7-1-3-13(4-2-7)8(14)6-11-12-10/h7H,1-6H2. The number of alkyl halides is 1. The van der Waals surface area contributed by atoms with Crippen LogP contribution >= 0.6 is 0 Å². The van der Waals surface area contributed by atoms with Gasteiger partial charge in [0.15, 0.2) is 0 Å². The van der Waals surface area contributed by atoms with Gasteiger partial charge in [0, 0.05) is 18.0 Å². The Bertz CT molecular complexity index is 244. The first-order valence-electron chi connectivity index (χ1n) is 4.62. The summed E-state index contributed by atoms with van der Waals surface area (Å²) in [7, 11) is 0. The first-order chi connectivity index (χ1) is 6.77. The summed E-state index contributed by atoms with van der Waals surface area (Å²) in [5, 5.41) is 3.20. The van der Waals surface area contributed by atoms with Gasteiger partial charge < -0.3 is 4.90 Å². The number of nitrogens with zero attached hydrogens (tertiary/aromatic N) is 4. The third kappa shape index (κ3) is 2.88. The maximum Gasteiger partial charge on any atom is 0.228 e. The molecule has 1 fully saturated rings. The quantitative estimate of drug-likeness (QED) is 0.386. The van der Waals surface area contributed by atoms with Crippen molar-refractivity contribution in [3.8, 4) is 0 Å². The predicted molar refractivity (Wildman–Crippen MR) is 49.3 cm³/mol. The van der Waals surface area contributed by atoms with Gasteiger partial charge in [-0.2, -0.15) is 0 Å². The lowest BCUT2D eigenvalue weighted by molar-refractivity contribution is -0.131. The van der Waals surface area contributed by atoms with E-state index in [4.69, 9.17) is 5.53 Å². The molecule has 1 aliphatic rings. The molecule has 0 unspecified atom stereocenters. The first kappa shape index (κ1) is 10.8. The van der Waals surface area contributed by atoms with Gasteiger partial charge in [-0.1, -0.05) is 5.11 Å². The second-order valence-electron chi connectivity index (χ2n) is 3.37. The lowest BCUT2D eigenvalue weighted by Gasteiger charge is -2.30. The number of azide groups is 1. The highest BCUT2D eigenvalue weighted by molar-refractivity contribution is 5.78. The zero-order chi connectivity index (χ0) is 10.4. The maximum absolute atomic E-state index is 12.2. The Labute approximate surface area is 81.5 Å². The minimum absolute atomic E-state index is 0.0959. The third-order valence-corrected chi connectivity index (χ3v) is 2.45. The highest BCUT2D eigenvalue weighted by atomic mass is 19.1. The van der Waals surface area contributed by atoms with Crippen LogP contribution in [-0.2, 0) is 4.79 Å². The zero-order valence-electron chi connectivity index (χ0n) is 7.90. The molecular formula is C8H13FN4O. The molecule has 1 heterocycles. The number of piperidine rings is 1. The summed E-state index contributed by atoms with van der Waals surface area (Å²) < 4.78 is 12.2. The van der Waals surface area contributed by atoms with Crippen molar-refractivity contribution in [3.63, 3.8) is 0 Å². The SMILES string of the molecule is [N-]=[N+]=NCC(=O)N1CCC(CF)CC1. The smallest absolute Gasteiger partial charge is 0.228 e. The molecular weight excluding hydrogens is 187 g/mol. The van der Waals surface area contributed by atoms with E-state index in [0.717, 1.165) is 0 Å². The van der Waals surface area contributed by atoms with E-state index >= 15 is 0 Å². The molecule has 0 radical (unpaired) electrons. The van der Waals surface area contributed by atoms with Crippen LogP contribution in [0.3, 0.4) is 0 Å². The van der Waals surface area contributed by atoms with Crippen LogP contribution in [0, 0.1) is 5.92 Å². The molecule has 1 saturated heterocycles. The highest BCUT2D eigenvalue weighted by Crippen LogP contribution is 2.17. The molecule has 5 nitrogen and oxygen atoms in total. The van der Waals surface area contributed by atoms with Crippen LogP contribution in [0.4, 0.5) is 4.39 Å². The van der Waals surface area contributed by atoms with Gasteiger partial charge >= 0.3 is 0 Å². The molecule has 0 bridgehead atoms. The summed E-state index contributed by atoms with van der Waals surface area (Å²) in [5.41, 5.74) is 8.03. The van der Waals surface area contributed by atoms with Gasteiger partial charge in [-0.05, 0) is 24.3 Å². The van der Waals surface area contributed by atoms with Crippen molar-refractivity contribution in [3.05, 3.63) is 10.4 Å². The second-order valence-corrected chi connectivity index (χ2v) is 3.37. The van der Waals surface area contributed by atoms with Gasteiger partial charge in [-0.3, -0.25) is 9.18 Å². The van der Waals surface area contributed by atoms with E-state index in [1.165, 1.54) is 0 Å². The van der Waals surface area contributed by atoms with Crippen LogP contribution < -0.4 is 0 Å². The first-order valence-corrected chi connectivity index (χ1v) is 4.62. The Hall–Kier alpha value is -1.29. The largest absolute Gasteiger partial charge is 0.343 e. The molecule has 0 aliphatic carbocycles. The Morgan fingerprint density at radius 1 is 1.57 bits per heavy atom. The normalized spacial score (nSPS) is 17.6. The summed E-state index contributed by atoms with van der Waals surface area (Å²) in [4.78, 5) is 15.5. The van der Waals surface area contributed by atoms with Crippen molar-refractivity contribution in [2.75, 3.05) is 26.3 Å². The average Bonchev–Trinajstić information content (AvgIpc) is 2.26. The number of amides is 1. The molecule has 1 rings (SSSR count). The summed E-state index contributed by atoms with van der Waals surface area (Å²) in [6, 6.07) is 0. The van der Waals surface area contributed by atoms with Gasteiger partial charge in [-0.15, -0.1) is 0 Å².